The third-order valence-corrected chi connectivity index (χ3v) is 4.28. The number of alkyl halides is 4. The van der Waals surface area contributed by atoms with Gasteiger partial charge in [-0.3, -0.25) is 9.59 Å². The van der Waals surface area contributed by atoms with E-state index in [1.165, 1.54) is 0 Å². The van der Waals surface area contributed by atoms with E-state index >= 15 is 0 Å². The molecule has 28 heavy (non-hydrogen) atoms. The van der Waals surface area contributed by atoms with Gasteiger partial charge in [-0.15, -0.1) is 0 Å². The molecule has 0 atom stereocenters. The predicted molar refractivity (Wildman–Crippen MR) is 80.8 cm³/mol. The van der Waals surface area contributed by atoms with Crippen LogP contribution in [0.1, 0.15) is 38.5 Å². The molecule has 0 heterocycles. The minimum atomic E-state index is -5.90. The molecule has 16 heteroatoms. The summed E-state index contributed by atoms with van der Waals surface area (Å²) in [5.74, 6) is -4.28. The average Bonchev–Trinajstić information content (AvgIpc) is 2.59. The first-order chi connectivity index (χ1) is 12.9. The number of hydrogen-bond acceptors (Lipinski definition) is 10. The molecule has 0 saturated heterocycles. The topological polar surface area (TPSA) is 148 Å². The number of halogens is 4. The maximum atomic E-state index is 13.0. The third kappa shape index (κ3) is 9.83. The summed E-state index contributed by atoms with van der Waals surface area (Å²) in [5.41, 5.74) is 0. The van der Waals surface area contributed by atoms with Crippen LogP contribution in [0.15, 0.2) is 0 Å². The summed E-state index contributed by atoms with van der Waals surface area (Å²) in [6.07, 6.45) is 2.40. The summed E-state index contributed by atoms with van der Waals surface area (Å²) in [7, 11) is -5.90. The van der Waals surface area contributed by atoms with Gasteiger partial charge in [0.05, 0.1) is 13.2 Å². The summed E-state index contributed by atoms with van der Waals surface area (Å²) in [5, 5.41) is 2.98. The fraction of sp³-hybridized carbons (Fsp3) is 0.833. The maximum absolute atomic E-state index is 13.0. The van der Waals surface area contributed by atoms with Crippen LogP contribution in [0.5, 0.6) is 0 Å². The van der Waals surface area contributed by atoms with Gasteiger partial charge in [-0.2, -0.15) is 30.3 Å². The number of carbonyl (C=O) groups excluding carboxylic acids is 2. The molecule has 0 aliphatic rings. The van der Waals surface area contributed by atoms with Gasteiger partial charge < -0.3 is 14.7 Å². The highest BCUT2D eigenvalue weighted by Crippen LogP contribution is 2.31. The molecule has 0 bridgehead atoms. The Morgan fingerprint density at radius 2 is 1.32 bits per heavy atom. The lowest BCUT2D eigenvalue weighted by molar-refractivity contribution is -0.777. The average molecular weight is 461 g/mol. The molecule has 0 aromatic heterocycles. The highest BCUT2D eigenvalue weighted by Gasteiger charge is 2.54. The van der Waals surface area contributed by atoms with E-state index in [1.807, 2.05) is 0 Å². The zero-order valence-electron chi connectivity index (χ0n) is 14.1. The van der Waals surface area contributed by atoms with Gasteiger partial charge in [0.2, 0.25) is 0 Å². The van der Waals surface area contributed by atoms with Crippen LogP contribution in [0.2, 0.25) is 0 Å². The van der Waals surface area contributed by atoms with Crippen LogP contribution in [-0.2, 0) is 38.6 Å². The molecule has 166 valence electrons. The van der Waals surface area contributed by atoms with Crippen molar-refractivity contribution in [1.82, 2.24) is 0 Å². The second kappa shape index (κ2) is 12.4. The van der Waals surface area contributed by atoms with Crippen molar-refractivity contribution in [1.29, 1.82) is 0 Å². The molecule has 0 saturated carbocycles. The molecular formula is C12H17F4O10S2-. The van der Waals surface area contributed by atoms with Gasteiger partial charge in [0, 0.05) is 0 Å². The number of ether oxygens (including phenoxy) is 2. The van der Waals surface area contributed by atoms with Crippen molar-refractivity contribution in [3.8, 4) is 0 Å². The number of carbonyl (C=O) groups is 2. The normalized spacial score (nSPS) is 12.6. The van der Waals surface area contributed by atoms with Gasteiger partial charge in [-0.1, -0.05) is 25.7 Å². The van der Waals surface area contributed by atoms with Crippen LogP contribution in [-0.4, -0.2) is 48.6 Å². The molecule has 0 spiro atoms. The van der Waals surface area contributed by atoms with Crippen molar-refractivity contribution in [3.05, 3.63) is 0 Å². The van der Waals surface area contributed by atoms with Crippen molar-refractivity contribution in [2.24, 2.45) is 0 Å². The van der Waals surface area contributed by atoms with Crippen molar-refractivity contribution in [3.63, 3.8) is 0 Å². The van der Waals surface area contributed by atoms with Gasteiger partial charge >= 0.3 is 32.6 Å². The van der Waals surface area contributed by atoms with Crippen LogP contribution >= 0.6 is 12.0 Å². The summed E-state index contributed by atoms with van der Waals surface area (Å²) in [4.78, 5) is 21.9. The predicted octanol–water partition coefficient (Wildman–Crippen LogP) is 1.36. The molecule has 0 aromatic carbocycles. The highest BCUT2D eigenvalue weighted by molar-refractivity contribution is 7.96. The van der Waals surface area contributed by atoms with Gasteiger partial charge in [-0.25, -0.2) is 9.59 Å². The Bertz CT molecular complexity index is 599. The fourth-order valence-electron chi connectivity index (χ4n) is 1.60. The number of rotatable bonds is 15. The van der Waals surface area contributed by atoms with Crippen molar-refractivity contribution in [2.45, 2.75) is 49.0 Å². The molecule has 0 aromatic rings. The van der Waals surface area contributed by atoms with Gasteiger partial charge in [0.25, 0.3) is 0 Å². The van der Waals surface area contributed by atoms with E-state index in [1.54, 1.807) is 0 Å². The van der Waals surface area contributed by atoms with Crippen molar-refractivity contribution >= 4 is 34.1 Å². The Balaban J connectivity index is 3.74. The van der Waals surface area contributed by atoms with E-state index in [2.05, 4.69) is 18.8 Å². The Hall–Kier alpha value is -1.20. The lowest BCUT2D eigenvalue weighted by Gasteiger charge is -2.14. The summed E-state index contributed by atoms with van der Waals surface area (Å²) in [6, 6.07) is 0. The zero-order chi connectivity index (χ0) is 21.8. The largest absolute Gasteiger partial charge is 0.691 e. The van der Waals surface area contributed by atoms with E-state index in [0.717, 1.165) is 0 Å². The van der Waals surface area contributed by atoms with Gasteiger partial charge in [-0.05, 0) is 12.8 Å². The smallest absolute Gasteiger partial charge is 0.465 e. The second-order valence-corrected chi connectivity index (χ2v) is 7.40. The minimum absolute atomic E-state index is 0.146. The van der Waals surface area contributed by atoms with Crippen molar-refractivity contribution in [2.75, 3.05) is 13.2 Å². The number of esters is 2. The number of unbranched alkanes of at least 4 members (excludes halogenated alkanes) is 5. The molecule has 1 N–H and O–H groups in total. The monoisotopic (exact) mass is 461 g/mol. The summed E-state index contributed by atoms with van der Waals surface area (Å²) >= 11 is -0.802. The van der Waals surface area contributed by atoms with E-state index < -0.39 is 51.2 Å². The standard InChI is InChI=1S/C12H18F4O10S2/c13-11(14,27-26-25-19)9(17)23-7-5-3-1-2-4-6-8-24-10(18)12(15,16)28(20,21)22/h19H,1-8H2,(H,20,21,22)/p-1. The SMILES string of the molecule is O=C(OCCCCCCCCOC(=O)C(F)(F)S(=O)(=O)O)C(F)(F)SOO[O-]. The third-order valence-electron chi connectivity index (χ3n) is 2.97. The van der Waals surface area contributed by atoms with Gasteiger partial charge in [0.15, 0.2) is 0 Å². The molecule has 0 fully saturated rings. The van der Waals surface area contributed by atoms with Crippen LogP contribution in [0.3, 0.4) is 0 Å². The molecule has 0 amide bonds. The first kappa shape index (κ1) is 26.8. The Morgan fingerprint density at radius 3 is 1.75 bits per heavy atom. The van der Waals surface area contributed by atoms with Gasteiger partial charge in [0.1, 0.15) is 12.0 Å². The van der Waals surface area contributed by atoms with Crippen LogP contribution in [0, 0.1) is 0 Å². The first-order valence-corrected chi connectivity index (χ1v) is 9.76. The van der Waals surface area contributed by atoms with E-state index in [-0.39, 0.29) is 19.4 Å². The Morgan fingerprint density at radius 1 is 0.893 bits per heavy atom. The molecular weight excluding hydrogens is 444 g/mol. The van der Waals surface area contributed by atoms with Crippen molar-refractivity contribution < 1.29 is 64.2 Å². The maximum Gasteiger partial charge on any atom is 0.465 e. The molecule has 0 radical (unpaired) electrons. The second-order valence-electron chi connectivity index (χ2n) is 5.12. The quantitative estimate of drug-likeness (QED) is 0.0716. The molecule has 10 nitrogen and oxygen atoms in total. The van der Waals surface area contributed by atoms with Crippen LogP contribution < -0.4 is 5.26 Å². The summed E-state index contributed by atoms with van der Waals surface area (Å²) in [6.45, 7) is -0.793. The lowest BCUT2D eigenvalue weighted by atomic mass is 10.1. The molecule has 0 aliphatic heterocycles. The lowest BCUT2D eigenvalue weighted by Crippen LogP contribution is -2.39. The fourth-order valence-corrected chi connectivity index (χ4v) is 2.11. The van der Waals surface area contributed by atoms with Crippen LogP contribution in [0.25, 0.3) is 0 Å². The summed E-state index contributed by atoms with van der Waals surface area (Å²) < 4.78 is 92.1. The molecule has 0 unspecified atom stereocenters. The van der Waals surface area contributed by atoms with E-state index in [4.69, 9.17) is 4.55 Å². The van der Waals surface area contributed by atoms with E-state index in [0.29, 0.717) is 25.7 Å². The highest BCUT2D eigenvalue weighted by atomic mass is 32.2. The minimum Gasteiger partial charge on any atom is -0.691 e. The first-order valence-electron chi connectivity index (χ1n) is 7.57. The number of hydrogen-bond donors (Lipinski definition) is 1. The molecule has 0 aliphatic carbocycles. The Labute approximate surface area is 161 Å². The van der Waals surface area contributed by atoms with Crippen LogP contribution in [0.4, 0.5) is 17.6 Å². The molecule has 0 rings (SSSR count). The Kier molecular flexibility index (Phi) is 11.9. The van der Waals surface area contributed by atoms with E-state index in [9.17, 15) is 40.8 Å². The zero-order valence-corrected chi connectivity index (χ0v) is 15.7.